The quantitative estimate of drug-likeness (QED) is 0.628. The Bertz CT molecular complexity index is 968. The van der Waals surface area contributed by atoms with Gasteiger partial charge in [0.25, 0.3) is 0 Å². The number of benzene rings is 3. The Morgan fingerprint density at radius 3 is 2.61 bits per heavy atom. The Labute approximate surface area is 135 Å². The number of fused-ring (bicyclic) bond motifs is 4. The molecule has 2 heterocycles. The first-order valence-corrected chi connectivity index (χ1v) is 8.00. The van der Waals surface area contributed by atoms with E-state index in [2.05, 4.69) is 83.8 Å². The van der Waals surface area contributed by atoms with Gasteiger partial charge in [-0.3, -0.25) is 4.99 Å². The summed E-state index contributed by atoms with van der Waals surface area (Å²) in [5, 5.41) is 2.57. The van der Waals surface area contributed by atoms with Crippen molar-refractivity contribution >= 4 is 28.4 Å². The topological polar surface area (TPSA) is 15.6 Å². The average Bonchev–Trinajstić information content (AvgIpc) is 3.06. The van der Waals surface area contributed by atoms with Gasteiger partial charge >= 0.3 is 0 Å². The SMILES string of the molecule is C1=Cc2ccccc2N2CC(c3ccc4ccccc4c3)N=C12. The van der Waals surface area contributed by atoms with E-state index in [1.54, 1.807) is 0 Å². The normalized spacial score (nSPS) is 18.7. The number of hydrogen-bond donors (Lipinski definition) is 0. The van der Waals surface area contributed by atoms with Crippen LogP contribution in [0.2, 0.25) is 0 Å². The van der Waals surface area contributed by atoms with Gasteiger partial charge < -0.3 is 4.90 Å². The van der Waals surface area contributed by atoms with E-state index in [-0.39, 0.29) is 6.04 Å². The lowest BCUT2D eigenvalue weighted by Gasteiger charge is -2.24. The molecule has 0 bridgehead atoms. The van der Waals surface area contributed by atoms with Gasteiger partial charge in [-0.05, 0) is 46.2 Å². The van der Waals surface area contributed by atoms with Crippen LogP contribution in [0.4, 0.5) is 5.69 Å². The molecule has 2 aliphatic heterocycles. The number of hydrogen-bond acceptors (Lipinski definition) is 2. The highest BCUT2D eigenvalue weighted by Crippen LogP contribution is 2.35. The summed E-state index contributed by atoms with van der Waals surface area (Å²) >= 11 is 0. The van der Waals surface area contributed by atoms with Gasteiger partial charge in [0.05, 0.1) is 12.6 Å². The van der Waals surface area contributed by atoms with Crippen LogP contribution in [0.25, 0.3) is 16.8 Å². The van der Waals surface area contributed by atoms with E-state index in [0.717, 1.165) is 12.4 Å². The molecule has 110 valence electrons. The molecule has 0 saturated carbocycles. The lowest BCUT2D eigenvalue weighted by Crippen LogP contribution is -2.28. The maximum absolute atomic E-state index is 4.94. The zero-order valence-corrected chi connectivity index (χ0v) is 12.7. The van der Waals surface area contributed by atoms with Gasteiger partial charge in [-0.1, -0.05) is 54.6 Å². The molecule has 0 radical (unpaired) electrons. The van der Waals surface area contributed by atoms with Crippen LogP contribution in [0.1, 0.15) is 17.2 Å². The summed E-state index contributed by atoms with van der Waals surface area (Å²) in [5.41, 5.74) is 3.82. The Morgan fingerprint density at radius 1 is 0.826 bits per heavy atom. The summed E-state index contributed by atoms with van der Waals surface area (Å²) in [6.07, 6.45) is 4.29. The van der Waals surface area contributed by atoms with Crippen molar-refractivity contribution in [1.82, 2.24) is 0 Å². The zero-order chi connectivity index (χ0) is 15.2. The zero-order valence-electron chi connectivity index (χ0n) is 12.7. The first kappa shape index (κ1) is 12.7. The standard InChI is InChI=1S/C21H16N2/c1-2-7-17-13-18(10-9-15(17)5-1)19-14-23-20-8-4-3-6-16(20)11-12-21(23)22-19/h1-13,19H,14H2. The summed E-state index contributed by atoms with van der Waals surface area (Å²) in [6, 6.07) is 23.9. The molecule has 0 fully saturated rings. The van der Waals surface area contributed by atoms with Gasteiger partial charge in [0, 0.05) is 5.69 Å². The van der Waals surface area contributed by atoms with Crippen molar-refractivity contribution in [2.24, 2.45) is 4.99 Å². The summed E-state index contributed by atoms with van der Waals surface area (Å²) < 4.78 is 0. The van der Waals surface area contributed by atoms with Gasteiger partial charge in [-0.2, -0.15) is 0 Å². The summed E-state index contributed by atoms with van der Waals surface area (Å²) in [7, 11) is 0. The molecule has 1 unspecified atom stereocenters. The van der Waals surface area contributed by atoms with Crippen molar-refractivity contribution in [2.75, 3.05) is 11.4 Å². The molecule has 0 aliphatic carbocycles. The lowest BCUT2D eigenvalue weighted by atomic mass is 10.0. The molecule has 23 heavy (non-hydrogen) atoms. The number of nitrogens with zero attached hydrogens (tertiary/aromatic N) is 2. The maximum atomic E-state index is 4.94. The molecule has 0 N–H and O–H groups in total. The largest absolute Gasteiger partial charge is 0.324 e. The van der Waals surface area contributed by atoms with Crippen molar-refractivity contribution < 1.29 is 0 Å². The molecule has 0 spiro atoms. The highest BCUT2D eigenvalue weighted by molar-refractivity contribution is 6.13. The fraction of sp³-hybridized carbons (Fsp3) is 0.0952. The monoisotopic (exact) mass is 296 g/mol. The van der Waals surface area contributed by atoms with Gasteiger partial charge in [0.2, 0.25) is 0 Å². The molecule has 3 aromatic rings. The van der Waals surface area contributed by atoms with E-state index < -0.39 is 0 Å². The van der Waals surface area contributed by atoms with E-state index >= 15 is 0 Å². The Balaban J connectivity index is 1.55. The van der Waals surface area contributed by atoms with Crippen LogP contribution in [-0.4, -0.2) is 12.4 Å². The van der Waals surface area contributed by atoms with E-state index in [9.17, 15) is 0 Å². The molecule has 0 amide bonds. The van der Waals surface area contributed by atoms with Gasteiger partial charge in [0.1, 0.15) is 5.84 Å². The molecule has 3 aromatic carbocycles. The molecule has 2 heteroatoms. The van der Waals surface area contributed by atoms with Gasteiger partial charge in [0.15, 0.2) is 0 Å². The van der Waals surface area contributed by atoms with E-state index in [4.69, 9.17) is 4.99 Å². The summed E-state index contributed by atoms with van der Waals surface area (Å²) in [6.45, 7) is 0.912. The second-order valence-corrected chi connectivity index (χ2v) is 6.11. The Morgan fingerprint density at radius 2 is 1.65 bits per heavy atom. The van der Waals surface area contributed by atoms with Crippen LogP contribution in [-0.2, 0) is 0 Å². The minimum atomic E-state index is 0.199. The van der Waals surface area contributed by atoms with E-state index in [1.165, 1.54) is 27.6 Å². The van der Waals surface area contributed by atoms with Crippen LogP contribution >= 0.6 is 0 Å². The van der Waals surface area contributed by atoms with Crippen LogP contribution in [0.15, 0.2) is 77.8 Å². The van der Waals surface area contributed by atoms with Crippen LogP contribution < -0.4 is 4.90 Å². The van der Waals surface area contributed by atoms with Crippen molar-refractivity contribution in [3.63, 3.8) is 0 Å². The molecular formula is C21H16N2. The third-order valence-electron chi connectivity index (χ3n) is 4.72. The molecule has 0 saturated heterocycles. The summed E-state index contributed by atoms with van der Waals surface area (Å²) in [4.78, 5) is 7.27. The van der Waals surface area contributed by atoms with Crippen molar-refractivity contribution in [1.29, 1.82) is 0 Å². The van der Waals surface area contributed by atoms with Gasteiger partial charge in [-0.25, -0.2) is 0 Å². The van der Waals surface area contributed by atoms with E-state index in [1.807, 2.05) is 0 Å². The van der Waals surface area contributed by atoms with Crippen LogP contribution in [0, 0.1) is 0 Å². The molecule has 1 atom stereocenters. The fourth-order valence-electron chi connectivity index (χ4n) is 3.53. The minimum Gasteiger partial charge on any atom is -0.324 e. The molecule has 2 nitrogen and oxygen atoms in total. The molecular weight excluding hydrogens is 280 g/mol. The number of rotatable bonds is 1. The number of aliphatic imine (C=N–C) groups is 1. The predicted octanol–water partition coefficient (Wildman–Crippen LogP) is 4.83. The fourth-order valence-corrected chi connectivity index (χ4v) is 3.53. The predicted molar refractivity (Wildman–Crippen MR) is 96.9 cm³/mol. The number of para-hydroxylation sites is 1. The average molecular weight is 296 g/mol. The smallest absolute Gasteiger partial charge is 0.128 e. The maximum Gasteiger partial charge on any atom is 0.128 e. The van der Waals surface area contributed by atoms with Gasteiger partial charge in [-0.15, -0.1) is 0 Å². The first-order valence-electron chi connectivity index (χ1n) is 8.00. The Kier molecular flexibility index (Phi) is 2.65. The van der Waals surface area contributed by atoms with Crippen molar-refractivity contribution in [3.8, 4) is 0 Å². The van der Waals surface area contributed by atoms with E-state index in [0.29, 0.717) is 0 Å². The third-order valence-corrected chi connectivity index (χ3v) is 4.72. The molecule has 5 rings (SSSR count). The third kappa shape index (κ3) is 1.99. The lowest BCUT2D eigenvalue weighted by molar-refractivity contribution is 0.781. The number of anilines is 1. The minimum absolute atomic E-state index is 0.199. The highest BCUT2D eigenvalue weighted by atomic mass is 15.3. The molecule has 0 aromatic heterocycles. The van der Waals surface area contributed by atoms with Crippen LogP contribution in [0.5, 0.6) is 0 Å². The van der Waals surface area contributed by atoms with Crippen molar-refractivity contribution in [2.45, 2.75) is 6.04 Å². The first-order chi connectivity index (χ1) is 11.4. The highest BCUT2D eigenvalue weighted by Gasteiger charge is 2.28. The number of amidine groups is 1. The second-order valence-electron chi connectivity index (χ2n) is 6.11. The van der Waals surface area contributed by atoms with Crippen molar-refractivity contribution in [3.05, 3.63) is 83.9 Å². The molecule has 2 aliphatic rings. The second kappa shape index (κ2) is 4.82. The van der Waals surface area contributed by atoms with Crippen LogP contribution in [0.3, 0.4) is 0 Å². The summed E-state index contributed by atoms with van der Waals surface area (Å²) in [5.74, 6) is 1.07. The Hall–Kier alpha value is -2.87.